The van der Waals surface area contributed by atoms with Crippen molar-refractivity contribution >= 4 is 6.09 Å². The normalized spacial score (nSPS) is 22.0. The molecule has 0 bridgehead atoms. The van der Waals surface area contributed by atoms with E-state index in [2.05, 4.69) is 0 Å². The second-order valence-electron chi connectivity index (χ2n) is 5.58. The minimum atomic E-state index is -4.94. The molecule has 0 unspecified atom stereocenters. The van der Waals surface area contributed by atoms with Crippen molar-refractivity contribution < 1.29 is 35.9 Å². The third kappa shape index (κ3) is 3.59. The van der Waals surface area contributed by atoms with Crippen LogP contribution >= 0.6 is 0 Å². The van der Waals surface area contributed by atoms with Gasteiger partial charge in [0.15, 0.2) is 0 Å². The van der Waals surface area contributed by atoms with Crippen molar-refractivity contribution in [2.24, 2.45) is 0 Å². The van der Waals surface area contributed by atoms with Crippen LogP contribution in [0.2, 0.25) is 0 Å². The van der Waals surface area contributed by atoms with Crippen LogP contribution in [0.1, 0.15) is 43.1 Å². The maximum atomic E-state index is 12.9. The molecule has 1 aliphatic heterocycles. The summed E-state index contributed by atoms with van der Waals surface area (Å²) < 4.78 is 82.5. The molecule has 1 aliphatic rings. The van der Waals surface area contributed by atoms with Gasteiger partial charge < -0.3 is 9.64 Å². The van der Waals surface area contributed by atoms with E-state index in [1.807, 2.05) is 0 Å². The fourth-order valence-electron chi connectivity index (χ4n) is 2.63. The molecule has 0 spiro atoms. The van der Waals surface area contributed by atoms with Crippen LogP contribution in [0.3, 0.4) is 0 Å². The van der Waals surface area contributed by atoms with E-state index in [-0.39, 0.29) is 11.6 Å². The quantitative estimate of drug-likeness (QED) is 0.713. The van der Waals surface area contributed by atoms with Crippen molar-refractivity contribution in [2.45, 2.75) is 44.8 Å². The molecule has 0 saturated carbocycles. The number of nitrogens with zero attached hydrogens (tertiary/aromatic N) is 1. The van der Waals surface area contributed by atoms with Crippen LogP contribution in [-0.4, -0.2) is 23.6 Å². The third-order valence-electron chi connectivity index (χ3n) is 3.80. The number of carbonyl (C=O) groups is 1. The Morgan fingerprint density at radius 1 is 1.04 bits per heavy atom. The average molecular weight is 355 g/mol. The number of carbonyl (C=O) groups excluding carboxylic acids is 1. The summed E-state index contributed by atoms with van der Waals surface area (Å²) in [5.41, 5.74) is -3.18. The number of amides is 1. The Morgan fingerprint density at radius 2 is 1.54 bits per heavy atom. The number of hydrogen-bond acceptors (Lipinski definition) is 2. The van der Waals surface area contributed by atoms with Crippen LogP contribution in [-0.2, 0) is 17.1 Å². The summed E-state index contributed by atoms with van der Waals surface area (Å²) in [5, 5.41) is 0. The fourth-order valence-corrected chi connectivity index (χ4v) is 2.63. The van der Waals surface area contributed by atoms with Gasteiger partial charge >= 0.3 is 18.4 Å². The first kappa shape index (κ1) is 18.4. The molecular formula is C15H15F6NO2. The van der Waals surface area contributed by atoms with E-state index >= 15 is 0 Å². The Bertz CT molecular complexity index is 593. The Hall–Kier alpha value is -1.93. The largest absolute Gasteiger partial charge is 0.439 e. The van der Waals surface area contributed by atoms with Crippen molar-refractivity contribution in [1.82, 2.24) is 4.90 Å². The number of benzene rings is 1. The van der Waals surface area contributed by atoms with Gasteiger partial charge in [0.1, 0.15) is 6.10 Å². The van der Waals surface area contributed by atoms with Crippen LogP contribution < -0.4 is 0 Å². The van der Waals surface area contributed by atoms with Crippen molar-refractivity contribution in [3.8, 4) is 0 Å². The van der Waals surface area contributed by atoms with E-state index in [1.165, 1.54) is 11.8 Å². The van der Waals surface area contributed by atoms with Crippen molar-refractivity contribution in [3.05, 3.63) is 34.9 Å². The van der Waals surface area contributed by atoms with Crippen molar-refractivity contribution in [3.63, 3.8) is 0 Å². The van der Waals surface area contributed by atoms with E-state index in [9.17, 15) is 31.1 Å². The van der Waals surface area contributed by atoms with Crippen LogP contribution in [0.25, 0.3) is 0 Å². The molecule has 9 heteroatoms. The first-order chi connectivity index (χ1) is 10.9. The molecule has 0 N–H and O–H groups in total. The number of rotatable bonds is 3. The molecule has 0 radical (unpaired) electrons. The van der Waals surface area contributed by atoms with Crippen LogP contribution in [0.5, 0.6) is 0 Å². The van der Waals surface area contributed by atoms with Gasteiger partial charge in [0.2, 0.25) is 0 Å². The molecule has 1 aromatic rings. The lowest BCUT2D eigenvalue weighted by molar-refractivity contribution is -0.143. The summed E-state index contributed by atoms with van der Waals surface area (Å²) in [6, 6.07) is 0.578. The zero-order valence-corrected chi connectivity index (χ0v) is 12.8. The van der Waals surface area contributed by atoms with E-state index in [0.717, 1.165) is 0 Å². The van der Waals surface area contributed by atoms with Gasteiger partial charge in [-0.1, -0.05) is 6.92 Å². The number of hydrogen-bond donors (Lipinski definition) is 0. The second kappa shape index (κ2) is 6.18. The third-order valence-corrected chi connectivity index (χ3v) is 3.80. The minimum absolute atomic E-state index is 0.0503. The summed E-state index contributed by atoms with van der Waals surface area (Å²) in [6.07, 6.45) is -11.2. The lowest BCUT2D eigenvalue weighted by Crippen LogP contribution is -2.32. The molecule has 1 amide bonds. The number of halogens is 6. The molecular weight excluding hydrogens is 340 g/mol. The highest BCUT2D eigenvalue weighted by Crippen LogP contribution is 2.40. The van der Waals surface area contributed by atoms with E-state index in [1.54, 1.807) is 6.92 Å². The highest BCUT2D eigenvalue weighted by atomic mass is 19.4. The van der Waals surface area contributed by atoms with Crippen LogP contribution in [0.4, 0.5) is 31.1 Å². The zero-order valence-electron chi connectivity index (χ0n) is 12.8. The number of alkyl halides is 6. The number of ether oxygens (including phenoxy) is 1. The highest BCUT2D eigenvalue weighted by Gasteiger charge is 2.42. The van der Waals surface area contributed by atoms with Gasteiger partial charge in [-0.2, -0.15) is 26.3 Å². The first-order valence-corrected chi connectivity index (χ1v) is 7.21. The molecule has 1 aromatic carbocycles. The zero-order chi connectivity index (χ0) is 18.3. The molecule has 0 aliphatic carbocycles. The minimum Gasteiger partial charge on any atom is -0.439 e. The van der Waals surface area contributed by atoms with Crippen molar-refractivity contribution in [1.29, 1.82) is 0 Å². The van der Waals surface area contributed by atoms with Gasteiger partial charge in [0.05, 0.1) is 17.2 Å². The molecule has 2 atom stereocenters. The SMILES string of the molecule is CCCN1C(=O)O[C@H](c2cc(C(F)(F)F)cc(C(F)(F)F)c2)[C@@H]1C. The van der Waals surface area contributed by atoms with E-state index in [4.69, 9.17) is 4.74 Å². The lowest BCUT2D eigenvalue weighted by atomic mass is 9.97. The predicted molar refractivity (Wildman–Crippen MR) is 72.1 cm³/mol. The molecule has 24 heavy (non-hydrogen) atoms. The molecule has 1 heterocycles. The first-order valence-electron chi connectivity index (χ1n) is 7.21. The second-order valence-corrected chi connectivity index (χ2v) is 5.58. The smallest absolute Gasteiger partial charge is 0.416 e. The summed E-state index contributed by atoms with van der Waals surface area (Å²) in [6.45, 7) is 3.62. The average Bonchev–Trinajstić information content (AvgIpc) is 2.73. The monoisotopic (exact) mass is 355 g/mol. The standard InChI is InChI=1S/C15H15F6NO2/c1-3-4-22-8(2)12(24-13(22)23)9-5-10(14(16,17)18)7-11(6-9)15(19,20)21/h5-8,12H,3-4H2,1-2H3/t8-,12-/m0/s1. The van der Waals surface area contributed by atoms with Gasteiger partial charge in [-0.3, -0.25) is 0 Å². The predicted octanol–water partition coefficient (Wildman–Crippen LogP) is 5.02. The summed E-state index contributed by atoms with van der Waals surface area (Å²) in [5.74, 6) is 0. The van der Waals surface area contributed by atoms with Gasteiger partial charge in [0.25, 0.3) is 0 Å². The fraction of sp³-hybridized carbons (Fsp3) is 0.533. The maximum absolute atomic E-state index is 12.9. The molecule has 0 aromatic heterocycles. The maximum Gasteiger partial charge on any atom is 0.416 e. The van der Waals surface area contributed by atoms with Crippen LogP contribution in [0.15, 0.2) is 18.2 Å². The van der Waals surface area contributed by atoms with Gasteiger partial charge in [0, 0.05) is 6.54 Å². The topological polar surface area (TPSA) is 29.5 Å². The summed E-state index contributed by atoms with van der Waals surface area (Å²) in [7, 11) is 0. The summed E-state index contributed by atoms with van der Waals surface area (Å²) in [4.78, 5) is 13.1. The van der Waals surface area contributed by atoms with E-state index in [0.29, 0.717) is 25.1 Å². The van der Waals surface area contributed by atoms with E-state index < -0.39 is 41.7 Å². The van der Waals surface area contributed by atoms with Crippen LogP contribution in [0, 0.1) is 0 Å². The van der Waals surface area contributed by atoms with Gasteiger partial charge in [-0.15, -0.1) is 0 Å². The Labute approximate surface area is 134 Å². The van der Waals surface area contributed by atoms with Crippen molar-refractivity contribution in [2.75, 3.05) is 6.54 Å². The summed E-state index contributed by atoms with van der Waals surface area (Å²) >= 11 is 0. The Balaban J connectivity index is 2.48. The molecule has 2 rings (SSSR count). The Morgan fingerprint density at radius 3 is 1.96 bits per heavy atom. The molecule has 1 saturated heterocycles. The molecule has 134 valence electrons. The molecule has 3 nitrogen and oxygen atoms in total. The van der Waals surface area contributed by atoms with Gasteiger partial charge in [-0.05, 0) is 37.1 Å². The van der Waals surface area contributed by atoms with Gasteiger partial charge in [-0.25, -0.2) is 4.79 Å². The number of cyclic esters (lactones) is 1. The highest BCUT2D eigenvalue weighted by molar-refractivity contribution is 5.71. The Kier molecular flexibility index (Phi) is 4.74. The lowest BCUT2D eigenvalue weighted by Gasteiger charge is -2.21. The molecule has 1 fully saturated rings.